The molecule has 0 spiro atoms. The van der Waals surface area contributed by atoms with Crippen LogP contribution in [0.2, 0.25) is 5.02 Å². The van der Waals surface area contributed by atoms with Gasteiger partial charge in [-0.05, 0) is 85.0 Å². The highest BCUT2D eigenvalue weighted by Crippen LogP contribution is 2.33. The minimum Gasteiger partial charge on any atom is -0.492 e. The summed E-state index contributed by atoms with van der Waals surface area (Å²) in [7, 11) is 0. The van der Waals surface area contributed by atoms with Crippen LogP contribution in [0.25, 0.3) is 11.1 Å². The van der Waals surface area contributed by atoms with Crippen molar-refractivity contribution in [3.8, 4) is 5.75 Å². The molecule has 1 heterocycles. The monoisotopic (exact) mass is 431 g/mol. The number of nitrogens with zero attached hydrogens (tertiary/aromatic N) is 1. The van der Waals surface area contributed by atoms with Crippen molar-refractivity contribution in [2.75, 3.05) is 26.2 Å². The van der Waals surface area contributed by atoms with Gasteiger partial charge in [-0.2, -0.15) is 0 Å². The molecule has 0 bridgehead atoms. The molecule has 0 aromatic heterocycles. The Labute approximate surface area is 191 Å². The summed E-state index contributed by atoms with van der Waals surface area (Å²) in [5.74, 6) is 0.925. The second kappa shape index (κ2) is 10.7. The van der Waals surface area contributed by atoms with E-state index < -0.39 is 0 Å². The van der Waals surface area contributed by atoms with Crippen LogP contribution in [0.4, 0.5) is 0 Å². The van der Waals surface area contributed by atoms with E-state index in [1.54, 1.807) is 0 Å². The van der Waals surface area contributed by atoms with E-state index in [2.05, 4.69) is 78.6 Å². The third-order valence-electron chi connectivity index (χ3n) is 5.98. The van der Waals surface area contributed by atoms with Gasteiger partial charge in [0.2, 0.25) is 0 Å². The van der Waals surface area contributed by atoms with Gasteiger partial charge in [0.05, 0.1) is 0 Å². The van der Waals surface area contributed by atoms with Gasteiger partial charge in [-0.3, -0.25) is 4.90 Å². The molecule has 3 heteroatoms. The van der Waals surface area contributed by atoms with E-state index >= 15 is 0 Å². The van der Waals surface area contributed by atoms with E-state index in [0.29, 0.717) is 0 Å². The Morgan fingerprint density at radius 1 is 0.774 bits per heavy atom. The van der Waals surface area contributed by atoms with Crippen molar-refractivity contribution in [3.63, 3.8) is 0 Å². The molecule has 2 nitrogen and oxygen atoms in total. The highest BCUT2D eigenvalue weighted by atomic mass is 35.5. The van der Waals surface area contributed by atoms with Crippen LogP contribution >= 0.6 is 11.6 Å². The first kappa shape index (κ1) is 21.7. The third kappa shape index (κ3) is 5.78. The van der Waals surface area contributed by atoms with Gasteiger partial charge in [0.25, 0.3) is 0 Å². The number of halogens is 1. The zero-order chi connectivity index (χ0) is 21.5. The van der Waals surface area contributed by atoms with Gasteiger partial charge in [0.15, 0.2) is 0 Å². The van der Waals surface area contributed by atoms with Crippen molar-refractivity contribution in [2.24, 2.45) is 0 Å². The molecular weight excluding hydrogens is 402 g/mol. The van der Waals surface area contributed by atoms with Crippen molar-refractivity contribution < 1.29 is 4.74 Å². The molecule has 0 radical (unpaired) electrons. The Morgan fingerprint density at radius 3 is 2.03 bits per heavy atom. The van der Waals surface area contributed by atoms with Gasteiger partial charge in [-0.15, -0.1) is 0 Å². The lowest BCUT2D eigenvalue weighted by molar-refractivity contribution is 0.183. The molecule has 1 fully saturated rings. The maximum absolute atomic E-state index is 6.15. The Morgan fingerprint density at radius 2 is 1.39 bits per heavy atom. The number of allylic oxidation sites excluding steroid dienone is 1. The molecule has 3 aromatic rings. The fraction of sp³-hybridized carbons (Fsp3) is 0.286. The fourth-order valence-corrected chi connectivity index (χ4v) is 4.37. The van der Waals surface area contributed by atoms with E-state index in [1.165, 1.54) is 54.6 Å². The Balaban J connectivity index is 1.55. The predicted molar refractivity (Wildman–Crippen MR) is 132 cm³/mol. The van der Waals surface area contributed by atoms with E-state index in [4.69, 9.17) is 16.3 Å². The first-order valence-corrected chi connectivity index (χ1v) is 11.6. The topological polar surface area (TPSA) is 12.5 Å². The van der Waals surface area contributed by atoms with Crippen molar-refractivity contribution >= 4 is 22.7 Å². The molecule has 4 rings (SSSR count). The summed E-state index contributed by atoms with van der Waals surface area (Å²) < 4.78 is 6.03. The van der Waals surface area contributed by atoms with Gasteiger partial charge in [0, 0.05) is 11.6 Å². The molecule has 3 aromatic carbocycles. The summed E-state index contributed by atoms with van der Waals surface area (Å²) in [6.07, 6.45) is 4.00. The fourth-order valence-electron chi connectivity index (χ4n) is 4.24. The van der Waals surface area contributed by atoms with Gasteiger partial charge in [-0.25, -0.2) is 0 Å². The molecule has 0 saturated carbocycles. The van der Waals surface area contributed by atoms with E-state index in [9.17, 15) is 0 Å². The van der Waals surface area contributed by atoms with Crippen molar-refractivity contribution in [1.82, 2.24) is 4.90 Å². The molecule has 0 amide bonds. The predicted octanol–water partition coefficient (Wildman–Crippen LogP) is 7.18. The Bertz CT molecular complexity index is 987. The second-order valence-electron chi connectivity index (χ2n) is 8.15. The van der Waals surface area contributed by atoms with Gasteiger partial charge >= 0.3 is 0 Å². The molecule has 31 heavy (non-hydrogen) atoms. The van der Waals surface area contributed by atoms with Crippen LogP contribution < -0.4 is 4.74 Å². The minimum absolute atomic E-state index is 0.738. The number of benzene rings is 3. The van der Waals surface area contributed by atoms with Crippen LogP contribution in [-0.4, -0.2) is 31.1 Å². The third-order valence-corrected chi connectivity index (χ3v) is 6.23. The average Bonchev–Trinajstić information content (AvgIpc) is 2.83. The zero-order valence-corrected chi connectivity index (χ0v) is 18.9. The van der Waals surface area contributed by atoms with Crippen LogP contribution in [-0.2, 0) is 0 Å². The second-order valence-corrected chi connectivity index (χ2v) is 8.58. The first-order chi connectivity index (χ1) is 15.2. The molecule has 0 N–H and O–H groups in total. The maximum atomic E-state index is 6.15. The number of ether oxygens (including phenoxy) is 1. The summed E-state index contributed by atoms with van der Waals surface area (Å²) in [5.41, 5.74) is 6.00. The minimum atomic E-state index is 0.738. The van der Waals surface area contributed by atoms with Crippen molar-refractivity contribution in [2.45, 2.75) is 26.2 Å². The summed E-state index contributed by atoms with van der Waals surface area (Å²) in [6, 6.07) is 27.1. The summed E-state index contributed by atoms with van der Waals surface area (Å²) >= 11 is 6.15. The number of rotatable bonds is 7. The molecule has 0 aliphatic carbocycles. The van der Waals surface area contributed by atoms with Crippen LogP contribution in [0.1, 0.15) is 42.9 Å². The molecule has 0 atom stereocenters. The molecule has 1 aliphatic rings. The number of hydrogen-bond acceptors (Lipinski definition) is 2. The molecule has 160 valence electrons. The number of likely N-dealkylation sites (tertiary alicyclic amines) is 1. The normalized spacial score (nSPS) is 15.4. The number of piperidine rings is 1. The van der Waals surface area contributed by atoms with Crippen molar-refractivity contribution in [3.05, 3.63) is 101 Å². The largest absolute Gasteiger partial charge is 0.492 e. The van der Waals surface area contributed by atoms with Crippen molar-refractivity contribution in [1.29, 1.82) is 0 Å². The molecular formula is C28H30ClNO. The maximum Gasteiger partial charge on any atom is 0.119 e. The first-order valence-electron chi connectivity index (χ1n) is 11.2. The lowest BCUT2D eigenvalue weighted by Gasteiger charge is -2.26. The highest BCUT2D eigenvalue weighted by molar-refractivity contribution is 6.30. The molecule has 0 unspecified atom stereocenters. The van der Waals surface area contributed by atoms with Gasteiger partial charge in [0.1, 0.15) is 12.4 Å². The van der Waals surface area contributed by atoms with Gasteiger partial charge < -0.3 is 4.74 Å². The summed E-state index contributed by atoms with van der Waals surface area (Å²) in [6.45, 7) is 6.34. The molecule has 1 saturated heterocycles. The lowest BCUT2D eigenvalue weighted by atomic mass is 9.90. The number of hydrogen-bond donors (Lipinski definition) is 0. The zero-order valence-electron chi connectivity index (χ0n) is 18.2. The SMILES string of the molecule is C/C(=C(/c1ccc(Cl)cc1)c1ccc(OCCN2CCCCC2)cc1)c1ccccc1. The lowest BCUT2D eigenvalue weighted by Crippen LogP contribution is -2.33. The summed E-state index contributed by atoms with van der Waals surface area (Å²) in [4.78, 5) is 2.50. The Kier molecular flexibility index (Phi) is 7.45. The van der Waals surface area contributed by atoms with Crippen LogP contribution in [0.15, 0.2) is 78.9 Å². The molecule has 1 aliphatic heterocycles. The van der Waals surface area contributed by atoms with Gasteiger partial charge in [-0.1, -0.05) is 72.6 Å². The van der Waals surface area contributed by atoms with Crippen LogP contribution in [0, 0.1) is 0 Å². The highest BCUT2D eigenvalue weighted by Gasteiger charge is 2.12. The summed E-state index contributed by atoms with van der Waals surface area (Å²) in [5, 5.41) is 0.748. The van der Waals surface area contributed by atoms with E-state index in [0.717, 1.165) is 29.5 Å². The quantitative estimate of drug-likeness (QED) is 0.367. The van der Waals surface area contributed by atoms with E-state index in [-0.39, 0.29) is 0 Å². The smallest absolute Gasteiger partial charge is 0.119 e. The standard InChI is InChI=1S/C28H30ClNO/c1-22(23-8-4-2-5-9-23)28(24-10-14-26(29)15-11-24)25-12-16-27(17-13-25)31-21-20-30-18-6-3-7-19-30/h2,4-5,8-17H,3,6-7,18-21H2,1H3/b28-22+. The average molecular weight is 432 g/mol. The Hall–Kier alpha value is -2.55. The van der Waals surface area contributed by atoms with E-state index in [1.807, 2.05) is 12.1 Å². The van der Waals surface area contributed by atoms with Crippen LogP contribution in [0.5, 0.6) is 5.75 Å². The van der Waals surface area contributed by atoms with Crippen LogP contribution in [0.3, 0.4) is 0 Å².